The van der Waals surface area contributed by atoms with E-state index in [4.69, 9.17) is 22.0 Å². The highest BCUT2D eigenvalue weighted by Gasteiger charge is 2.20. The van der Waals surface area contributed by atoms with E-state index in [0.29, 0.717) is 17.6 Å². The molecule has 0 aliphatic heterocycles. The summed E-state index contributed by atoms with van der Waals surface area (Å²) in [6, 6.07) is 14.6. The van der Waals surface area contributed by atoms with Crippen molar-refractivity contribution in [3.8, 4) is 17.3 Å². The first kappa shape index (κ1) is 17.0. The molecule has 4 rings (SSSR count). The Hall–Kier alpha value is -2.42. The fraction of sp³-hybridized carbons (Fsp3) is 0.350. The Morgan fingerprint density at radius 3 is 2.81 bits per heavy atom. The molecule has 1 fully saturated rings. The van der Waals surface area contributed by atoms with Crippen molar-refractivity contribution in [1.82, 2.24) is 19.9 Å². The second-order valence-corrected chi connectivity index (χ2v) is 7.24. The summed E-state index contributed by atoms with van der Waals surface area (Å²) in [4.78, 5) is 4.44. The van der Waals surface area contributed by atoms with E-state index in [0.717, 1.165) is 48.3 Å². The zero-order chi connectivity index (χ0) is 17.9. The number of imidazole rings is 1. The van der Waals surface area contributed by atoms with Crippen LogP contribution < -0.4 is 5.32 Å². The highest BCUT2D eigenvalue weighted by molar-refractivity contribution is 6.30. The molecule has 0 atom stereocenters. The number of hydrogen-bond acceptors (Lipinski definition) is 4. The van der Waals surface area contributed by atoms with Gasteiger partial charge in [-0.2, -0.15) is 10.4 Å². The standard InChI is InChI=1S/C20H20ClN5/c21-16-3-1-2-15(10-16)19-13-24-20-9-8-18(25-26(19)20)12-23-17-6-4-14(11-22)5-7-17/h1-3,8-10,13-14,17,23H,4-7,12H2/t14-,17-. The zero-order valence-corrected chi connectivity index (χ0v) is 15.2. The number of halogens is 1. The molecule has 5 nitrogen and oxygen atoms in total. The molecule has 0 spiro atoms. The fourth-order valence-electron chi connectivity index (χ4n) is 3.53. The molecular formula is C20H20ClN5. The van der Waals surface area contributed by atoms with E-state index in [9.17, 15) is 0 Å². The molecule has 1 saturated carbocycles. The Labute approximate surface area is 157 Å². The fourth-order valence-corrected chi connectivity index (χ4v) is 3.72. The lowest BCUT2D eigenvalue weighted by Crippen LogP contribution is -2.32. The number of aromatic nitrogens is 3. The number of hydrogen-bond donors (Lipinski definition) is 1. The minimum Gasteiger partial charge on any atom is -0.308 e. The van der Waals surface area contributed by atoms with Crippen molar-refractivity contribution < 1.29 is 0 Å². The van der Waals surface area contributed by atoms with Gasteiger partial charge in [0.1, 0.15) is 0 Å². The molecular weight excluding hydrogens is 346 g/mol. The molecule has 1 aliphatic carbocycles. The number of nitrogens with one attached hydrogen (secondary N) is 1. The van der Waals surface area contributed by atoms with Crippen LogP contribution in [0.25, 0.3) is 16.9 Å². The number of fused-ring (bicyclic) bond motifs is 1. The summed E-state index contributed by atoms with van der Waals surface area (Å²) < 4.78 is 1.87. The third-order valence-corrected chi connectivity index (χ3v) is 5.25. The number of nitrogens with zero attached hydrogens (tertiary/aromatic N) is 4. The van der Waals surface area contributed by atoms with Crippen molar-refractivity contribution in [3.05, 3.63) is 53.3 Å². The molecule has 26 heavy (non-hydrogen) atoms. The lowest BCUT2D eigenvalue weighted by atomic mass is 9.87. The normalized spacial score (nSPS) is 20.2. The second-order valence-electron chi connectivity index (χ2n) is 6.81. The van der Waals surface area contributed by atoms with E-state index in [1.54, 1.807) is 0 Å². The summed E-state index contributed by atoms with van der Waals surface area (Å²) in [5.41, 5.74) is 3.72. The topological polar surface area (TPSA) is 66.0 Å². The van der Waals surface area contributed by atoms with Gasteiger partial charge in [0.05, 0.1) is 23.7 Å². The van der Waals surface area contributed by atoms with Crippen molar-refractivity contribution in [1.29, 1.82) is 5.26 Å². The molecule has 2 heterocycles. The summed E-state index contributed by atoms with van der Waals surface area (Å²) in [5.74, 6) is 0.230. The van der Waals surface area contributed by atoms with Crippen LogP contribution in [-0.4, -0.2) is 20.6 Å². The van der Waals surface area contributed by atoms with Crippen LogP contribution in [0.4, 0.5) is 0 Å². The van der Waals surface area contributed by atoms with Crippen LogP contribution in [-0.2, 0) is 6.54 Å². The van der Waals surface area contributed by atoms with Gasteiger partial charge in [-0.05, 0) is 49.9 Å². The maximum atomic E-state index is 9.01. The zero-order valence-electron chi connectivity index (χ0n) is 14.4. The summed E-state index contributed by atoms with van der Waals surface area (Å²) in [6.45, 7) is 0.713. The summed E-state index contributed by atoms with van der Waals surface area (Å²) in [5, 5.41) is 18.0. The molecule has 132 valence electrons. The minimum atomic E-state index is 0.230. The van der Waals surface area contributed by atoms with Crippen LogP contribution in [0.1, 0.15) is 31.4 Å². The summed E-state index contributed by atoms with van der Waals surface area (Å²) >= 11 is 6.12. The quantitative estimate of drug-likeness (QED) is 0.751. The first-order valence-electron chi connectivity index (χ1n) is 8.95. The Morgan fingerprint density at radius 1 is 1.19 bits per heavy atom. The maximum absolute atomic E-state index is 9.01. The smallest absolute Gasteiger partial charge is 0.154 e. The van der Waals surface area contributed by atoms with Crippen molar-refractivity contribution in [2.75, 3.05) is 0 Å². The van der Waals surface area contributed by atoms with Crippen LogP contribution in [0.5, 0.6) is 0 Å². The van der Waals surface area contributed by atoms with Gasteiger partial charge in [-0.15, -0.1) is 0 Å². The van der Waals surface area contributed by atoms with Gasteiger partial charge in [0, 0.05) is 29.1 Å². The molecule has 0 amide bonds. The molecule has 6 heteroatoms. The molecule has 0 unspecified atom stereocenters. The predicted octanol–water partition coefficient (Wildman–Crippen LogP) is 4.22. The van der Waals surface area contributed by atoms with Crippen molar-refractivity contribution >= 4 is 17.2 Å². The predicted molar refractivity (Wildman–Crippen MR) is 102 cm³/mol. The molecule has 0 radical (unpaired) electrons. The molecule has 0 bridgehead atoms. The Balaban J connectivity index is 1.51. The van der Waals surface area contributed by atoms with Crippen LogP contribution in [0.15, 0.2) is 42.6 Å². The first-order valence-corrected chi connectivity index (χ1v) is 9.33. The van der Waals surface area contributed by atoms with Crippen molar-refractivity contribution in [2.45, 2.75) is 38.3 Å². The highest BCUT2D eigenvalue weighted by Crippen LogP contribution is 2.25. The lowest BCUT2D eigenvalue weighted by Gasteiger charge is -2.25. The number of nitriles is 1. The summed E-state index contributed by atoms with van der Waals surface area (Å²) in [6.07, 6.45) is 5.91. The van der Waals surface area contributed by atoms with Gasteiger partial charge < -0.3 is 5.32 Å². The van der Waals surface area contributed by atoms with Gasteiger partial charge in [0.2, 0.25) is 0 Å². The summed E-state index contributed by atoms with van der Waals surface area (Å²) in [7, 11) is 0. The molecule has 1 aromatic carbocycles. The third-order valence-electron chi connectivity index (χ3n) is 5.02. The van der Waals surface area contributed by atoms with E-state index in [1.165, 1.54) is 0 Å². The molecule has 1 aliphatic rings. The largest absolute Gasteiger partial charge is 0.308 e. The van der Waals surface area contributed by atoms with Gasteiger partial charge in [0.25, 0.3) is 0 Å². The number of rotatable bonds is 4. The number of benzene rings is 1. The van der Waals surface area contributed by atoms with Gasteiger partial charge in [0.15, 0.2) is 5.65 Å². The molecule has 0 saturated heterocycles. The van der Waals surface area contributed by atoms with Gasteiger partial charge >= 0.3 is 0 Å². The average molecular weight is 366 g/mol. The van der Waals surface area contributed by atoms with Crippen LogP contribution in [0, 0.1) is 17.2 Å². The van der Waals surface area contributed by atoms with E-state index in [2.05, 4.69) is 16.4 Å². The third kappa shape index (κ3) is 3.57. The highest BCUT2D eigenvalue weighted by atomic mass is 35.5. The molecule has 3 aromatic rings. The van der Waals surface area contributed by atoms with Gasteiger partial charge in [-0.3, -0.25) is 0 Å². The Kier molecular flexibility index (Phi) is 4.87. The van der Waals surface area contributed by atoms with E-state index >= 15 is 0 Å². The van der Waals surface area contributed by atoms with Crippen LogP contribution in [0.2, 0.25) is 5.02 Å². The molecule has 1 N–H and O–H groups in total. The SMILES string of the molecule is N#C[C@H]1CC[C@H](NCc2ccc3ncc(-c4cccc(Cl)c4)n3n2)CC1. The Bertz CT molecular complexity index is 950. The monoisotopic (exact) mass is 365 g/mol. The Morgan fingerprint density at radius 2 is 2.04 bits per heavy atom. The van der Waals surface area contributed by atoms with Crippen LogP contribution in [0.3, 0.4) is 0 Å². The van der Waals surface area contributed by atoms with Crippen molar-refractivity contribution in [3.63, 3.8) is 0 Å². The maximum Gasteiger partial charge on any atom is 0.154 e. The van der Waals surface area contributed by atoms with Gasteiger partial charge in [-0.1, -0.05) is 23.7 Å². The average Bonchev–Trinajstić information content (AvgIpc) is 3.10. The second kappa shape index (κ2) is 7.45. The van der Waals surface area contributed by atoms with Crippen molar-refractivity contribution in [2.24, 2.45) is 5.92 Å². The first-order chi connectivity index (χ1) is 12.7. The van der Waals surface area contributed by atoms with E-state index in [-0.39, 0.29) is 5.92 Å². The van der Waals surface area contributed by atoms with E-state index < -0.39 is 0 Å². The van der Waals surface area contributed by atoms with Crippen LogP contribution >= 0.6 is 11.6 Å². The lowest BCUT2D eigenvalue weighted by molar-refractivity contribution is 0.330. The van der Waals surface area contributed by atoms with E-state index in [1.807, 2.05) is 47.1 Å². The minimum absolute atomic E-state index is 0.230. The van der Waals surface area contributed by atoms with Gasteiger partial charge in [-0.25, -0.2) is 9.50 Å². The molecule has 2 aromatic heterocycles.